The van der Waals surface area contributed by atoms with Gasteiger partial charge in [0.15, 0.2) is 5.75 Å². The molecule has 2 heterocycles. The summed E-state index contributed by atoms with van der Waals surface area (Å²) in [5, 5.41) is 25.8. The smallest absolute Gasteiger partial charge is 0.293 e. The summed E-state index contributed by atoms with van der Waals surface area (Å²) in [4.78, 5) is 42.3. The summed E-state index contributed by atoms with van der Waals surface area (Å²) < 4.78 is 0. The number of fused-ring (bicyclic) bond motifs is 1. The lowest BCUT2D eigenvalue weighted by Crippen LogP contribution is -2.29. The maximum atomic E-state index is 13.0. The third-order valence-corrected chi connectivity index (χ3v) is 7.71. The molecule has 1 amide bonds. The van der Waals surface area contributed by atoms with Gasteiger partial charge in [0.25, 0.3) is 11.6 Å². The first-order chi connectivity index (χ1) is 19.4. The fourth-order valence-corrected chi connectivity index (χ4v) is 5.42. The largest absolute Gasteiger partial charge is 0.503 e. The molecule has 1 saturated heterocycles. The molecule has 4 rings (SSSR count). The molecule has 214 valence electrons. The van der Waals surface area contributed by atoms with E-state index in [1.54, 1.807) is 24.3 Å². The number of nitro benzene ring substituents is 1. The van der Waals surface area contributed by atoms with E-state index in [1.807, 2.05) is 4.90 Å². The Balaban J connectivity index is 1.50. The highest BCUT2D eigenvalue weighted by molar-refractivity contribution is 5.98. The zero-order valence-corrected chi connectivity index (χ0v) is 23.3. The highest BCUT2D eigenvalue weighted by atomic mass is 16.6. The van der Waals surface area contributed by atoms with Gasteiger partial charge < -0.3 is 20.3 Å². The molecule has 0 atom stereocenters. The van der Waals surface area contributed by atoms with Gasteiger partial charge in [0, 0.05) is 42.2 Å². The van der Waals surface area contributed by atoms with Crippen LogP contribution >= 0.6 is 0 Å². The number of hydrogen-bond donors (Lipinski definition) is 3. The van der Waals surface area contributed by atoms with Gasteiger partial charge in [0.2, 0.25) is 5.43 Å². The molecule has 1 fully saturated rings. The summed E-state index contributed by atoms with van der Waals surface area (Å²) in [6.07, 6.45) is 12.5. The van der Waals surface area contributed by atoms with Crippen molar-refractivity contribution in [3.63, 3.8) is 0 Å². The molecule has 0 spiro atoms. The number of nitrogens with one attached hydrogen (secondary N) is 2. The van der Waals surface area contributed by atoms with Crippen LogP contribution in [0.1, 0.15) is 87.9 Å². The van der Waals surface area contributed by atoms with Crippen LogP contribution in [0.4, 0.5) is 11.4 Å². The second-order valence-corrected chi connectivity index (χ2v) is 10.7. The molecule has 1 aliphatic rings. The number of nitro groups is 1. The Bertz CT molecular complexity index is 1390. The molecule has 9 heteroatoms. The van der Waals surface area contributed by atoms with Gasteiger partial charge >= 0.3 is 0 Å². The second kappa shape index (κ2) is 14.0. The van der Waals surface area contributed by atoms with Crippen LogP contribution in [0, 0.1) is 10.1 Å². The number of aromatic hydroxyl groups is 1. The van der Waals surface area contributed by atoms with Crippen molar-refractivity contribution in [3.05, 3.63) is 62.3 Å². The minimum Gasteiger partial charge on any atom is -0.503 e. The number of piperidine rings is 1. The number of benzene rings is 2. The van der Waals surface area contributed by atoms with Crippen molar-refractivity contribution < 1.29 is 14.8 Å². The predicted octanol–water partition coefficient (Wildman–Crippen LogP) is 6.67. The van der Waals surface area contributed by atoms with Crippen molar-refractivity contribution in [2.45, 2.75) is 77.6 Å². The monoisotopic (exact) mass is 548 g/mol. The van der Waals surface area contributed by atoms with Gasteiger partial charge in [-0.2, -0.15) is 0 Å². The second-order valence-electron chi connectivity index (χ2n) is 10.7. The minimum atomic E-state index is -0.600. The van der Waals surface area contributed by atoms with Crippen LogP contribution in [0.3, 0.4) is 0 Å². The molecular formula is C31H40N4O5. The van der Waals surface area contributed by atoms with E-state index < -0.39 is 16.1 Å². The molecule has 0 aliphatic carbocycles. The maximum Gasteiger partial charge on any atom is 0.293 e. The molecule has 0 unspecified atom stereocenters. The SMILES string of the molecule is CCCCCCCCCCNC(=O)c1ccc2c(=O)c(O)c(-c3ccc(N4CCCCC4)c([N+](=O)[O-])c3)[nH]c2c1. The zero-order valence-electron chi connectivity index (χ0n) is 23.3. The van der Waals surface area contributed by atoms with E-state index in [0.717, 1.165) is 45.2 Å². The number of carbonyl (C=O) groups is 1. The number of carbonyl (C=O) groups excluding carboxylic acids is 1. The van der Waals surface area contributed by atoms with Gasteiger partial charge in [-0.05, 0) is 49.9 Å². The average Bonchev–Trinajstić information content (AvgIpc) is 2.98. The number of pyridine rings is 1. The normalized spacial score (nSPS) is 13.5. The van der Waals surface area contributed by atoms with Crippen LogP contribution in [0.25, 0.3) is 22.2 Å². The number of unbranched alkanes of at least 4 members (excludes halogenated alkanes) is 7. The first-order valence-corrected chi connectivity index (χ1v) is 14.6. The standard InChI is InChI=1S/C31H40N4O5/c1-2-3-4-5-6-7-8-10-17-32-31(38)23-13-15-24-25(20-23)33-28(30(37)29(24)36)22-14-16-26(27(21-22)35(39)40)34-18-11-9-12-19-34/h13-16,20-21,37H,2-12,17-19H2,1H3,(H,32,38)(H,33,36). The van der Waals surface area contributed by atoms with Gasteiger partial charge in [-0.1, -0.05) is 57.9 Å². The van der Waals surface area contributed by atoms with Crippen LogP contribution in [0.15, 0.2) is 41.2 Å². The molecule has 0 bridgehead atoms. The van der Waals surface area contributed by atoms with E-state index in [-0.39, 0.29) is 22.7 Å². The number of amides is 1. The first kappa shape index (κ1) is 29.1. The van der Waals surface area contributed by atoms with Crippen molar-refractivity contribution in [2.75, 3.05) is 24.5 Å². The number of rotatable bonds is 13. The number of hydrogen-bond acceptors (Lipinski definition) is 6. The van der Waals surface area contributed by atoms with Crippen LogP contribution in [-0.2, 0) is 0 Å². The van der Waals surface area contributed by atoms with Crippen molar-refractivity contribution >= 4 is 28.2 Å². The zero-order chi connectivity index (χ0) is 28.5. The van der Waals surface area contributed by atoms with Crippen molar-refractivity contribution in [1.29, 1.82) is 0 Å². The third-order valence-electron chi connectivity index (χ3n) is 7.71. The summed E-state index contributed by atoms with van der Waals surface area (Å²) in [6, 6.07) is 9.41. The number of aromatic nitrogens is 1. The molecule has 0 radical (unpaired) electrons. The van der Waals surface area contributed by atoms with Crippen molar-refractivity contribution in [2.24, 2.45) is 0 Å². The fourth-order valence-electron chi connectivity index (χ4n) is 5.42. The minimum absolute atomic E-state index is 0.0752. The Morgan fingerprint density at radius 2 is 1.70 bits per heavy atom. The summed E-state index contributed by atoms with van der Waals surface area (Å²) in [7, 11) is 0. The Hall–Kier alpha value is -3.88. The van der Waals surface area contributed by atoms with E-state index >= 15 is 0 Å². The summed E-state index contributed by atoms with van der Waals surface area (Å²) >= 11 is 0. The van der Waals surface area contributed by atoms with Crippen molar-refractivity contribution in [3.8, 4) is 17.0 Å². The Morgan fingerprint density at radius 3 is 2.40 bits per heavy atom. The molecule has 1 aromatic heterocycles. The van der Waals surface area contributed by atoms with E-state index in [0.29, 0.717) is 28.9 Å². The topological polar surface area (TPSA) is 129 Å². The fraction of sp³-hybridized carbons (Fsp3) is 0.484. The molecule has 40 heavy (non-hydrogen) atoms. The Kier molecular flexibility index (Phi) is 10.2. The number of aromatic amines is 1. The highest BCUT2D eigenvalue weighted by Crippen LogP contribution is 2.36. The van der Waals surface area contributed by atoms with E-state index in [1.165, 1.54) is 50.7 Å². The van der Waals surface area contributed by atoms with Gasteiger partial charge in [0.05, 0.1) is 16.1 Å². The number of nitrogens with zero attached hydrogens (tertiary/aromatic N) is 2. The molecule has 2 aromatic carbocycles. The Morgan fingerprint density at radius 1 is 1.00 bits per heavy atom. The lowest BCUT2D eigenvalue weighted by atomic mass is 10.0. The van der Waals surface area contributed by atoms with Gasteiger partial charge in [0.1, 0.15) is 5.69 Å². The van der Waals surface area contributed by atoms with Crippen molar-refractivity contribution in [1.82, 2.24) is 10.3 Å². The molecule has 1 aliphatic heterocycles. The summed E-state index contributed by atoms with van der Waals surface area (Å²) in [5.74, 6) is -0.749. The van der Waals surface area contributed by atoms with Crippen LogP contribution in [-0.4, -0.2) is 40.6 Å². The molecule has 9 nitrogen and oxygen atoms in total. The molecule has 0 saturated carbocycles. The summed E-state index contributed by atoms with van der Waals surface area (Å²) in [5.41, 5.74) is 1.04. The average molecular weight is 549 g/mol. The number of H-pyrrole nitrogens is 1. The summed E-state index contributed by atoms with van der Waals surface area (Å²) in [6.45, 7) is 4.29. The molecule has 3 N–H and O–H groups in total. The number of anilines is 1. The van der Waals surface area contributed by atoms with Crippen LogP contribution < -0.4 is 15.6 Å². The van der Waals surface area contributed by atoms with Gasteiger partial charge in [-0.3, -0.25) is 19.7 Å². The predicted molar refractivity (Wildman–Crippen MR) is 159 cm³/mol. The highest BCUT2D eigenvalue weighted by Gasteiger charge is 2.23. The van der Waals surface area contributed by atoms with Crippen LogP contribution in [0.5, 0.6) is 5.75 Å². The van der Waals surface area contributed by atoms with Crippen LogP contribution in [0.2, 0.25) is 0 Å². The first-order valence-electron chi connectivity index (χ1n) is 14.6. The van der Waals surface area contributed by atoms with E-state index in [4.69, 9.17) is 0 Å². The Labute approximate surface area is 234 Å². The van der Waals surface area contributed by atoms with Gasteiger partial charge in [-0.15, -0.1) is 0 Å². The van der Waals surface area contributed by atoms with Gasteiger partial charge in [-0.25, -0.2) is 0 Å². The lowest BCUT2D eigenvalue weighted by molar-refractivity contribution is -0.384. The lowest BCUT2D eigenvalue weighted by Gasteiger charge is -2.28. The van der Waals surface area contributed by atoms with E-state index in [2.05, 4.69) is 17.2 Å². The quantitative estimate of drug-likeness (QED) is 0.124. The maximum absolute atomic E-state index is 13.0. The molecule has 3 aromatic rings. The molecular weight excluding hydrogens is 508 g/mol. The van der Waals surface area contributed by atoms with E-state index in [9.17, 15) is 24.8 Å². The third kappa shape index (κ3) is 7.00.